The Morgan fingerprint density at radius 3 is 2.60 bits per heavy atom. The number of hydrogen-bond donors (Lipinski definition) is 0. The van der Waals surface area contributed by atoms with Gasteiger partial charge in [-0.1, -0.05) is 25.1 Å². The molecule has 3 nitrogen and oxygen atoms in total. The van der Waals surface area contributed by atoms with Gasteiger partial charge < -0.3 is 14.6 Å². The number of aliphatic carboxylic acids is 1. The van der Waals surface area contributed by atoms with Crippen molar-refractivity contribution >= 4 is 12.0 Å². The van der Waals surface area contributed by atoms with Gasteiger partial charge >= 0.3 is 0 Å². The number of hydrogen-bond acceptors (Lipinski definition) is 3. The molecule has 15 heavy (non-hydrogen) atoms. The van der Waals surface area contributed by atoms with Crippen molar-refractivity contribution in [2.45, 2.75) is 13.3 Å². The lowest BCUT2D eigenvalue weighted by atomic mass is 10.2. The van der Waals surface area contributed by atoms with Gasteiger partial charge in [-0.25, -0.2) is 0 Å². The predicted octanol–water partition coefficient (Wildman–Crippen LogP) is 1.24. The van der Waals surface area contributed by atoms with E-state index in [4.69, 9.17) is 4.74 Å². The van der Waals surface area contributed by atoms with Crippen LogP contribution in [0.1, 0.15) is 18.9 Å². The molecule has 0 N–H and O–H groups in total. The molecule has 1 aromatic rings. The van der Waals surface area contributed by atoms with Crippen LogP contribution in [-0.4, -0.2) is 12.6 Å². The first-order valence-electron chi connectivity index (χ1n) is 4.84. The topological polar surface area (TPSA) is 49.4 Å². The van der Waals surface area contributed by atoms with E-state index in [1.54, 1.807) is 12.1 Å². The number of carboxylic acids is 1. The van der Waals surface area contributed by atoms with Crippen LogP contribution in [0.15, 0.2) is 30.3 Å². The lowest BCUT2D eigenvalue weighted by molar-refractivity contribution is -0.297. The van der Waals surface area contributed by atoms with E-state index >= 15 is 0 Å². The molecular formula is C12H13O3-. The molecule has 0 spiro atoms. The highest BCUT2D eigenvalue weighted by Gasteiger charge is 1.91. The van der Waals surface area contributed by atoms with E-state index in [1.165, 1.54) is 6.08 Å². The molecule has 0 aromatic heterocycles. The van der Waals surface area contributed by atoms with Gasteiger partial charge in [0.15, 0.2) is 0 Å². The molecule has 0 radical (unpaired) electrons. The monoisotopic (exact) mass is 205 g/mol. The average molecular weight is 205 g/mol. The SMILES string of the molecule is CCCOc1ccc(C=CC(=O)[O-])cc1. The third kappa shape index (κ3) is 4.31. The minimum absolute atomic E-state index is 0.689. The number of ether oxygens (including phenoxy) is 1. The van der Waals surface area contributed by atoms with Gasteiger partial charge in [0, 0.05) is 0 Å². The van der Waals surface area contributed by atoms with Crippen molar-refractivity contribution < 1.29 is 14.6 Å². The first kappa shape index (κ1) is 11.3. The van der Waals surface area contributed by atoms with Gasteiger partial charge in [-0.05, 0) is 30.2 Å². The first-order valence-corrected chi connectivity index (χ1v) is 4.84. The van der Waals surface area contributed by atoms with Crippen LogP contribution in [0, 0.1) is 0 Å². The Bertz CT molecular complexity index is 338. The Morgan fingerprint density at radius 2 is 2.07 bits per heavy atom. The fraction of sp³-hybridized carbons (Fsp3) is 0.250. The zero-order valence-electron chi connectivity index (χ0n) is 8.60. The van der Waals surface area contributed by atoms with Crippen molar-refractivity contribution in [2.75, 3.05) is 6.61 Å². The summed E-state index contributed by atoms with van der Waals surface area (Å²) >= 11 is 0. The smallest absolute Gasteiger partial charge is 0.119 e. The number of carbonyl (C=O) groups excluding carboxylic acids is 1. The second kappa shape index (κ2) is 5.86. The van der Waals surface area contributed by atoms with Crippen LogP contribution >= 0.6 is 0 Å². The molecule has 0 atom stereocenters. The molecule has 0 aliphatic rings. The zero-order valence-corrected chi connectivity index (χ0v) is 8.60. The number of carbonyl (C=O) groups is 1. The molecule has 0 saturated carbocycles. The van der Waals surface area contributed by atoms with Crippen LogP contribution in [0.4, 0.5) is 0 Å². The predicted molar refractivity (Wildman–Crippen MR) is 56.3 cm³/mol. The highest BCUT2D eigenvalue weighted by Crippen LogP contribution is 2.13. The summed E-state index contributed by atoms with van der Waals surface area (Å²) in [6.45, 7) is 2.73. The fourth-order valence-corrected chi connectivity index (χ4v) is 1.06. The molecule has 0 fully saturated rings. The zero-order chi connectivity index (χ0) is 11.1. The average Bonchev–Trinajstić information content (AvgIpc) is 2.25. The number of carboxylic acid groups (broad SMARTS) is 1. The Balaban J connectivity index is 2.60. The summed E-state index contributed by atoms with van der Waals surface area (Å²) in [5, 5.41) is 10.2. The summed E-state index contributed by atoms with van der Waals surface area (Å²) in [6.07, 6.45) is 3.45. The molecule has 1 aromatic carbocycles. The lowest BCUT2D eigenvalue weighted by Crippen LogP contribution is -2.18. The largest absolute Gasteiger partial charge is 0.545 e. The van der Waals surface area contributed by atoms with E-state index in [1.807, 2.05) is 19.1 Å². The van der Waals surface area contributed by atoms with E-state index in [-0.39, 0.29) is 0 Å². The minimum Gasteiger partial charge on any atom is -0.545 e. The highest BCUT2D eigenvalue weighted by atomic mass is 16.5. The van der Waals surface area contributed by atoms with Gasteiger partial charge in [-0.15, -0.1) is 0 Å². The molecule has 1 rings (SSSR count). The molecule has 0 heterocycles. The molecule has 0 unspecified atom stereocenters. The molecule has 0 amide bonds. The van der Waals surface area contributed by atoms with Crippen molar-refractivity contribution in [3.05, 3.63) is 35.9 Å². The molecule has 80 valence electrons. The normalized spacial score (nSPS) is 10.5. The summed E-state index contributed by atoms with van der Waals surface area (Å²) in [4.78, 5) is 10.2. The van der Waals surface area contributed by atoms with E-state index in [9.17, 15) is 9.90 Å². The molecule has 0 bridgehead atoms. The molecule has 0 saturated heterocycles. The standard InChI is InChI=1S/C12H14O3/c1-2-9-15-11-6-3-10(4-7-11)5-8-12(13)14/h3-8H,2,9H2,1H3,(H,13,14)/p-1. The quantitative estimate of drug-likeness (QED) is 0.679. The summed E-state index contributed by atoms with van der Waals surface area (Å²) < 4.78 is 5.38. The Hall–Kier alpha value is -1.77. The van der Waals surface area contributed by atoms with Crippen LogP contribution in [0.3, 0.4) is 0 Å². The van der Waals surface area contributed by atoms with Crippen LogP contribution in [0.25, 0.3) is 6.08 Å². The van der Waals surface area contributed by atoms with E-state index in [0.29, 0.717) is 6.61 Å². The van der Waals surface area contributed by atoms with Gasteiger partial charge in [0.25, 0.3) is 0 Å². The maximum atomic E-state index is 10.2. The van der Waals surface area contributed by atoms with Gasteiger partial charge in [0.1, 0.15) is 5.75 Å². The van der Waals surface area contributed by atoms with Gasteiger partial charge in [0.05, 0.1) is 12.6 Å². The van der Waals surface area contributed by atoms with Gasteiger partial charge in [-0.3, -0.25) is 0 Å². The van der Waals surface area contributed by atoms with Crippen LogP contribution in [-0.2, 0) is 4.79 Å². The molecular weight excluding hydrogens is 192 g/mol. The van der Waals surface area contributed by atoms with Crippen molar-refractivity contribution in [1.29, 1.82) is 0 Å². The number of benzene rings is 1. The van der Waals surface area contributed by atoms with Gasteiger partial charge in [0.2, 0.25) is 0 Å². The summed E-state index contributed by atoms with van der Waals surface area (Å²) in [5.74, 6) is -0.399. The van der Waals surface area contributed by atoms with Crippen molar-refractivity contribution in [3.8, 4) is 5.75 Å². The second-order valence-corrected chi connectivity index (χ2v) is 3.07. The van der Waals surface area contributed by atoms with E-state index in [0.717, 1.165) is 23.8 Å². The number of rotatable bonds is 5. The highest BCUT2D eigenvalue weighted by molar-refractivity contribution is 5.83. The molecule has 3 heteroatoms. The fourth-order valence-electron chi connectivity index (χ4n) is 1.06. The Kier molecular flexibility index (Phi) is 4.41. The second-order valence-electron chi connectivity index (χ2n) is 3.07. The lowest BCUT2D eigenvalue weighted by Gasteiger charge is -2.03. The van der Waals surface area contributed by atoms with Crippen molar-refractivity contribution in [1.82, 2.24) is 0 Å². The van der Waals surface area contributed by atoms with Crippen LogP contribution < -0.4 is 9.84 Å². The molecule has 0 aliphatic heterocycles. The minimum atomic E-state index is -1.19. The van der Waals surface area contributed by atoms with E-state index < -0.39 is 5.97 Å². The van der Waals surface area contributed by atoms with Crippen LogP contribution in [0.5, 0.6) is 5.75 Å². The summed E-state index contributed by atoms with van der Waals surface area (Å²) in [7, 11) is 0. The van der Waals surface area contributed by atoms with Crippen molar-refractivity contribution in [2.24, 2.45) is 0 Å². The first-order chi connectivity index (χ1) is 7.22. The Labute approximate surface area is 89.0 Å². The van der Waals surface area contributed by atoms with Gasteiger partial charge in [-0.2, -0.15) is 0 Å². The summed E-state index contributed by atoms with van der Waals surface area (Å²) in [6, 6.07) is 7.21. The van der Waals surface area contributed by atoms with Crippen LogP contribution in [0.2, 0.25) is 0 Å². The third-order valence-electron chi connectivity index (χ3n) is 1.76. The third-order valence-corrected chi connectivity index (χ3v) is 1.76. The van der Waals surface area contributed by atoms with E-state index in [2.05, 4.69) is 0 Å². The van der Waals surface area contributed by atoms with Crippen molar-refractivity contribution in [3.63, 3.8) is 0 Å². The maximum absolute atomic E-state index is 10.2. The molecule has 0 aliphatic carbocycles. The summed E-state index contributed by atoms with van der Waals surface area (Å²) in [5.41, 5.74) is 0.808. The Morgan fingerprint density at radius 1 is 1.40 bits per heavy atom. The maximum Gasteiger partial charge on any atom is 0.119 e.